The van der Waals surface area contributed by atoms with Gasteiger partial charge in [-0.15, -0.1) is 0 Å². The molecule has 0 aliphatic heterocycles. The lowest BCUT2D eigenvalue weighted by atomic mass is 10.0. The standard InChI is InChI=1S/C33H39ClFN3O4S/c1-24-14-17-27(34)22-30(24)38(43(2,41)42)20-8-13-32(39)37(23-26-15-18-28(35)19-16-26)31(21-25-9-4-3-5-10-25)33(40)36-29-11-6-7-12-29/h3-5,9-10,14-19,22,29,31H,6-8,11-13,20-21,23H2,1-2H3,(H,36,40)/t31-/m0/s1. The summed E-state index contributed by atoms with van der Waals surface area (Å²) in [6, 6.07) is 19.7. The van der Waals surface area contributed by atoms with Crippen LogP contribution in [0.3, 0.4) is 0 Å². The van der Waals surface area contributed by atoms with Crippen molar-refractivity contribution in [3.8, 4) is 0 Å². The summed E-state index contributed by atoms with van der Waals surface area (Å²) in [5.74, 6) is -0.903. The maximum atomic E-state index is 14.0. The number of hydrogen-bond acceptors (Lipinski definition) is 4. The van der Waals surface area contributed by atoms with Crippen molar-refractivity contribution in [2.24, 2.45) is 0 Å². The highest BCUT2D eigenvalue weighted by Gasteiger charge is 2.32. The van der Waals surface area contributed by atoms with Gasteiger partial charge in [0.15, 0.2) is 0 Å². The summed E-state index contributed by atoms with van der Waals surface area (Å²) >= 11 is 6.17. The Labute approximate surface area is 259 Å². The predicted octanol–water partition coefficient (Wildman–Crippen LogP) is 6.03. The monoisotopic (exact) mass is 627 g/mol. The Morgan fingerprint density at radius 3 is 2.33 bits per heavy atom. The molecule has 0 aromatic heterocycles. The molecular formula is C33H39ClFN3O4S. The van der Waals surface area contributed by atoms with Crippen molar-refractivity contribution >= 4 is 39.1 Å². The number of rotatable bonds is 13. The van der Waals surface area contributed by atoms with Crippen LogP contribution < -0.4 is 9.62 Å². The van der Waals surface area contributed by atoms with Gasteiger partial charge in [0, 0.05) is 37.0 Å². The molecule has 230 valence electrons. The van der Waals surface area contributed by atoms with Gasteiger partial charge in [0.05, 0.1) is 11.9 Å². The molecule has 3 aromatic rings. The molecule has 4 rings (SSSR count). The number of sulfonamides is 1. The number of nitrogens with zero attached hydrogens (tertiary/aromatic N) is 2. The first-order valence-electron chi connectivity index (χ1n) is 14.6. The van der Waals surface area contributed by atoms with E-state index in [2.05, 4.69) is 5.32 Å². The lowest BCUT2D eigenvalue weighted by Crippen LogP contribution is -2.52. The molecule has 1 saturated carbocycles. The molecule has 1 aliphatic rings. The van der Waals surface area contributed by atoms with Crippen LogP contribution in [0.1, 0.15) is 55.2 Å². The largest absolute Gasteiger partial charge is 0.352 e. The SMILES string of the molecule is Cc1ccc(Cl)cc1N(CCCC(=O)N(Cc1ccc(F)cc1)[C@@H](Cc1ccccc1)C(=O)NC1CCCC1)S(C)(=O)=O. The molecule has 0 spiro atoms. The van der Waals surface area contributed by atoms with Crippen molar-refractivity contribution in [3.63, 3.8) is 0 Å². The molecular weight excluding hydrogens is 589 g/mol. The molecule has 1 atom stereocenters. The van der Waals surface area contributed by atoms with Gasteiger partial charge in [-0.3, -0.25) is 13.9 Å². The summed E-state index contributed by atoms with van der Waals surface area (Å²) in [5, 5.41) is 3.57. The first-order chi connectivity index (χ1) is 20.5. The van der Waals surface area contributed by atoms with E-state index in [1.165, 1.54) is 16.4 Å². The van der Waals surface area contributed by atoms with Gasteiger partial charge in [-0.1, -0.05) is 73.0 Å². The van der Waals surface area contributed by atoms with E-state index in [4.69, 9.17) is 11.6 Å². The number of carbonyl (C=O) groups is 2. The summed E-state index contributed by atoms with van der Waals surface area (Å²) < 4.78 is 40.5. The zero-order valence-electron chi connectivity index (χ0n) is 24.6. The van der Waals surface area contributed by atoms with Crippen molar-refractivity contribution in [1.82, 2.24) is 10.2 Å². The molecule has 2 amide bonds. The molecule has 0 radical (unpaired) electrons. The van der Waals surface area contributed by atoms with Crippen molar-refractivity contribution in [2.75, 3.05) is 17.1 Å². The number of nitrogens with one attached hydrogen (secondary N) is 1. The van der Waals surface area contributed by atoms with Crippen LogP contribution in [0, 0.1) is 12.7 Å². The second-order valence-corrected chi connectivity index (χ2v) is 13.6. The quantitative estimate of drug-likeness (QED) is 0.251. The van der Waals surface area contributed by atoms with E-state index < -0.39 is 21.9 Å². The predicted molar refractivity (Wildman–Crippen MR) is 169 cm³/mol. The van der Waals surface area contributed by atoms with Gasteiger partial charge in [-0.05, 0) is 67.1 Å². The fraction of sp³-hybridized carbons (Fsp3) is 0.394. The van der Waals surface area contributed by atoms with Crippen LogP contribution in [0.15, 0.2) is 72.8 Å². The van der Waals surface area contributed by atoms with Gasteiger partial charge in [-0.25, -0.2) is 12.8 Å². The Kier molecular flexibility index (Phi) is 11.2. The fourth-order valence-corrected chi connectivity index (χ4v) is 6.72. The van der Waals surface area contributed by atoms with Gasteiger partial charge >= 0.3 is 0 Å². The number of carbonyl (C=O) groups excluding carboxylic acids is 2. The highest BCUT2D eigenvalue weighted by molar-refractivity contribution is 7.92. The topological polar surface area (TPSA) is 86.8 Å². The molecule has 0 heterocycles. The van der Waals surface area contributed by atoms with Crippen LogP contribution in [0.25, 0.3) is 0 Å². The molecule has 3 aromatic carbocycles. The number of amides is 2. The molecule has 43 heavy (non-hydrogen) atoms. The highest BCUT2D eigenvalue weighted by atomic mass is 35.5. The first-order valence-corrected chi connectivity index (χ1v) is 16.9. The van der Waals surface area contributed by atoms with E-state index in [9.17, 15) is 22.4 Å². The number of halogens is 2. The average Bonchev–Trinajstić information content (AvgIpc) is 3.48. The molecule has 7 nitrogen and oxygen atoms in total. The van der Waals surface area contributed by atoms with Crippen LogP contribution in [-0.2, 0) is 32.6 Å². The summed E-state index contributed by atoms with van der Waals surface area (Å²) in [4.78, 5) is 29.3. The van der Waals surface area contributed by atoms with Crippen LogP contribution in [-0.4, -0.2) is 50.0 Å². The molecule has 1 aliphatic carbocycles. The zero-order chi connectivity index (χ0) is 31.0. The van der Waals surface area contributed by atoms with E-state index in [0.717, 1.165) is 43.1 Å². The van der Waals surface area contributed by atoms with Crippen molar-refractivity contribution < 1.29 is 22.4 Å². The van der Waals surface area contributed by atoms with Crippen LogP contribution in [0.5, 0.6) is 0 Å². The molecule has 0 bridgehead atoms. The zero-order valence-corrected chi connectivity index (χ0v) is 26.2. The van der Waals surface area contributed by atoms with Crippen molar-refractivity contribution in [3.05, 3.63) is 100 Å². The normalized spacial score (nSPS) is 14.3. The lowest BCUT2D eigenvalue weighted by molar-refractivity contribution is -0.141. The third-order valence-corrected chi connectivity index (χ3v) is 9.25. The Bertz CT molecular complexity index is 1500. The molecule has 0 unspecified atom stereocenters. The van der Waals surface area contributed by atoms with Crippen molar-refractivity contribution in [1.29, 1.82) is 0 Å². The summed E-state index contributed by atoms with van der Waals surface area (Å²) in [5.41, 5.74) is 2.80. The summed E-state index contributed by atoms with van der Waals surface area (Å²) in [6.45, 7) is 1.97. The van der Waals surface area contributed by atoms with Crippen LogP contribution >= 0.6 is 11.6 Å². The Balaban J connectivity index is 1.59. The number of benzene rings is 3. The molecule has 10 heteroatoms. The highest BCUT2D eigenvalue weighted by Crippen LogP contribution is 2.27. The summed E-state index contributed by atoms with van der Waals surface area (Å²) in [6.07, 6.45) is 5.57. The minimum atomic E-state index is -3.66. The van der Waals surface area contributed by atoms with Gasteiger partial charge in [0.1, 0.15) is 11.9 Å². The van der Waals surface area contributed by atoms with Gasteiger partial charge in [0.2, 0.25) is 21.8 Å². The fourth-order valence-electron chi connectivity index (χ4n) is 5.54. The average molecular weight is 628 g/mol. The Morgan fingerprint density at radius 1 is 1.00 bits per heavy atom. The summed E-state index contributed by atoms with van der Waals surface area (Å²) in [7, 11) is -3.66. The lowest BCUT2D eigenvalue weighted by Gasteiger charge is -2.33. The molecule has 1 fully saturated rings. The second-order valence-electron chi connectivity index (χ2n) is 11.2. The van der Waals surface area contributed by atoms with Gasteiger partial charge in [0.25, 0.3) is 0 Å². The van der Waals surface area contributed by atoms with E-state index >= 15 is 0 Å². The second kappa shape index (κ2) is 14.8. The Hall–Kier alpha value is -3.43. The number of anilines is 1. The number of hydrogen-bond donors (Lipinski definition) is 1. The molecule has 1 N–H and O–H groups in total. The minimum absolute atomic E-state index is 0.00876. The van der Waals surface area contributed by atoms with E-state index in [-0.39, 0.29) is 43.8 Å². The van der Waals surface area contributed by atoms with E-state index in [1.54, 1.807) is 42.2 Å². The smallest absolute Gasteiger partial charge is 0.243 e. The maximum absolute atomic E-state index is 14.0. The van der Waals surface area contributed by atoms with Gasteiger partial charge in [-0.2, -0.15) is 0 Å². The molecule has 0 saturated heterocycles. The van der Waals surface area contributed by atoms with Crippen LogP contribution in [0.2, 0.25) is 5.02 Å². The van der Waals surface area contributed by atoms with E-state index in [1.807, 2.05) is 30.3 Å². The maximum Gasteiger partial charge on any atom is 0.243 e. The van der Waals surface area contributed by atoms with Crippen molar-refractivity contribution in [2.45, 2.75) is 70.5 Å². The van der Waals surface area contributed by atoms with Gasteiger partial charge < -0.3 is 10.2 Å². The number of aryl methyl sites for hydroxylation is 1. The minimum Gasteiger partial charge on any atom is -0.352 e. The third kappa shape index (κ3) is 9.28. The van der Waals surface area contributed by atoms with E-state index in [0.29, 0.717) is 22.7 Å². The Morgan fingerprint density at radius 2 is 1.67 bits per heavy atom. The third-order valence-electron chi connectivity index (χ3n) is 7.83. The van der Waals surface area contributed by atoms with Crippen LogP contribution in [0.4, 0.5) is 10.1 Å². The first kappa shape index (κ1) is 32.5.